The van der Waals surface area contributed by atoms with Gasteiger partial charge in [0.15, 0.2) is 0 Å². The van der Waals surface area contributed by atoms with Gasteiger partial charge in [-0.05, 0) is 46.2 Å². The molecule has 2 aromatic rings. The molecule has 0 aliphatic rings. The van der Waals surface area contributed by atoms with Crippen LogP contribution in [-0.4, -0.2) is 15.0 Å². The molecule has 0 bridgehead atoms. The summed E-state index contributed by atoms with van der Waals surface area (Å²) in [5.74, 6) is 1.68. The lowest BCUT2D eigenvalue weighted by Gasteiger charge is -2.11. The van der Waals surface area contributed by atoms with Gasteiger partial charge in [0.25, 0.3) is 0 Å². The fourth-order valence-corrected chi connectivity index (χ4v) is 2.54. The number of pyridine rings is 1. The van der Waals surface area contributed by atoms with E-state index in [0.29, 0.717) is 18.2 Å². The van der Waals surface area contributed by atoms with Crippen molar-refractivity contribution in [1.29, 1.82) is 0 Å². The van der Waals surface area contributed by atoms with Crippen LogP contribution in [0.5, 0.6) is 0 Å². The Kier molecular flexibility index (Phi) is 4.11. The van der Waals surface area contributed by atoms with Crippen LogP contribution in [0.3, 0.4) is 0 Å². The monoisotopic (exact) mass is 354 g/mol. The molecule has 0 aromatic carbocycles. The van der Waals surface area contributed by atoms with Crippen molar-refractivity contribution in [2.24, 2.45) is 0 Å². The molecule has 5 heteroatoms. The molecule has 2 N–H and O–H groups in total. The van der Waals surface area contributed by atoms with E-state index in [9.17, 15) is 0 Å². The van der Waals surface area contributed by atoms with Crippen LogP contribution in [-0.2, 0) is 6.42 Å². The lowest BCUT2D eigenvalue weighted by Crippen LogP contribution is -2.09. The molecule has 0 aliphatic heterocycles. The molecule has 18 heavy (non-hydrogen) atoms. The Bertz CT molecular complexity index is 540. The Morgan fingerprint density at radius 3 is 2.50 bits per heavy atom. The van der Waals surface area contributed by atoms with Crippen LogP contribution < -0.4 is 5.73 Å². The number of rotatable bonds is 3. The summed E-state index contributed by atoms with van der Waals surface area (Å²) in [4.78, 5) is 13.0. The van der Waals surface area contributed by atoms with E-state index in [-0.39, 0.29) is 0 Å². The minimum atomic E-state index is 0.346. The predicted octanol–water partition coefficient (Wildman–Crippen LogP) is 2.77. The van der Waals surface area contributed by atoms with Crippen molar-refractivity contribution in [1.82, 2.24) is 15.0 Å². The Morgan fingerprint density at radius 2 is 1.89 bits per heavy atom. The van der Waals surface area contributed by atoms with E-state index in [1.165, 1.54) is 0 Å². The molecule has 2 rings (SSSR count). The number of nitrogens with two attached hydrogens (primary N) is 1. The molecule has 0 spiro atoms. The zero-order valence-corrected chi connectivity index (χ0v) is 12.5. The van der Waals surface area contributed by atoms with E-state index in [2.05, 4.69) is 51.4 Å². The molecule has 0 fully saturated rings. The lowest BCUT2D eigenvalue weighted by molar-refractivity contribution is 0.785. The van der Waals surface area contributed by atoms with E-state index in [4.69, 9.17) is 5.73 Å². The highest BCUT2D eigenvalue weighted by Gasteiger charge is 2.13. The van der Waals surface area contributed by atoms with Crippen molar-refractivity contribution in [3.8, 4) is 0 Å². The number of aromatic nitrogens is 3. The highest BCUT2D eigenvalue weighted by atomic mass is 127. The standard InChI is InChI=1S/C13H15IN4/c1-8(2)12-11(14)13(15)18-10(17-12)7-9-3-5-16-6-4-9/h3-6,8H,7H2,1-2H3,(H2,15,17,18). The molecule has 0 aliphatic carbocycles. The minimum absolute atomic E-state index is 0.346. The first-order valence-corrected chi connectivity index (χ1v) is 6.86. The molecule has 94 valence electrons. The number of hydrogen-bond donors (Lipinski definition) is 1. The van der Waals surface area contributed by atoms with Crippen LogP contribution in [0.15, 0.2) is 24.5 Å². The van der Waals surface area contributed by atoms with E-state index in [1.807, 2.05) is 12.1 Å². The van der Waals surface area contributed by atoms with Gasteiger partial charge in [-0.2, -0.15) is 0 Å². The molecule has 2 heterocycles. The van der Waals surface area contributed by atoms with Crippen LogP contribution in [0.2, 0.25) is 0 Å². The second-order valence-electron chi connectivity index (χ2n) is 4.41. The summed E-state index contributed by atoms with van der Waals surface area (Å²) in [6.45, 7) is 4.22. The van der Waals surface area contributed by atoms with E-state index in [0.717, 1.165) is 20.7 Å². The molecule has 0 atom stereocenters. The van der Waals surface area contributed by atoms with Gasteiger partial charge < -0.3 is 5.73 Å². The third-order valence-electron chi connectivity index (χ3n) is 2.61. The quantitative estimate of drug-likeness (QED) is 0.861. The molecule has 0 saturated heterocycles. The Hall–Kier alpha value is -1.24. The molecule has 0 radical (unpaired) electrons. The predicted molar refractivity (Wildman–Crippen MR) is 80.3 cm³/mol. The van der Waals surface area contributed by atoms with E-state index < -0.39 is 0 Å². The van der Waals surface area contributed by atoms with Gasteiger partial charge in [0.1, 0.15) is 11.6 Å². The average Bonchev–Trinajstić information content (AvgIpc) is 2.34. The summed E-state index contributed by atoms with van der Waals surface area (Å²) < 4.78 is 0.959. The maximum atomic E-state index is 5.94. The Labute approximate surface area is 120 Å². The smallest absolute Gasteiger partial charge is 0.140 e. The Morgan fingerprint density at radius 1 is 1.22 bits per heavy atom. The zero-order chi connectivity index (χ0) is 13.1. The summed E-state index contributed by atoms with van der Waals surface area (Å²) in [7, 11) is 0. The van der Waals surface area contributed by atoms with Crippen molar-refractivity contribution in [2.45, 2.75) is 26.2 Å². The molecule has 0 unspecified atom stereocenters. The zero-order valence-electron chi connectivity index (χ0n) is 10.4. The molecular formula is C13H15IN4. The molecular weight excluding hydrogens is 339 g/mol. The normalized spacial score (nSPS) is 10.9. The number of hydrogen-bond acceptors (Lipinski definition) is 4. The second kappa shape index (κ2) is 5.60. The van der Waals surface area contributed by atoms with Crippen LogP contribution in [0.1, 0.15) is 36.8 Å². The number of nitrogen functional groups attached to an aromatic ring is 1. The average molecular weight is 354 g/mol. The third kappa shape index (κ3) is 2.95. The first-order valence-electron chi connectivity index (χ1n) is 5.78. The first-order chi connectivity index (χ1) is 8.58. The van der Waals surface area contributed by atoms with Crippen LogP contribution >= 0.6 is 22.6 Å². The van der Waals surface area contributed by atoms with Gasteiger partial charge in [-0.25, -0.2) is 9.97 Å². The maximum Gasteiger partial charge on any atom is 0.140 e. The fraction of sp³-hybridized carbons (Fsp3) is 0.308. The molecule has 0 amide bonds. The van der Waals surface area contributed by atoms with Crippen molar-refractivity contribution < 1.29 is 0 Å². The van der Waals surface area contributed by atoms with Gasteiger partial charge >= 0.3 is 0 Å². The van der Waals surface area contributed by atoms with Gasteiger partial charge in [-0.15, -0.1) is 0 Å². The van der Waals surface area contributed by atoms with Gasteiger partial charge in [-0.3, -0.25) is 4.98 Å². The van der Waals surface area contributed by atoms with Gasteiger partial charge in [0, 0.05) is 18.8 Å². The summed E-state index contributed by atoms with van der Waals surface area (Å²) in [5.41, 5.74) is 8.10. The Balaban J connectivity index is 2.35. The molecule has 2 aromatic heterocycles. The van der Waals surface area contributed by atoms with E-state index in [1.54, 1.807) is 12.4 Å². The molecule has 0 saturated carbocycles. The van der Waals surface area contributed by atoms with Gasteiger partial charge in [-0.1, -0.05) is 13.8 Å². The third-order valence-corrected chi connectivity index (χ3v) is 3.71. The van der Waals surface area contributed by atoms with Crippen molar-refractivity contribution in [2.75, 3.05) is 5.73 Å². The first kappa shape index (κ1) is 13.2. The SMILES string of the molecule is CC(C)c1nc(Cc2ccncc2)nc(N)c1I. The van der Waals surface area contributed by atoms with Crippen molar-refractivity contribution >= 4 is 28.4 Å². The largest absolute Gasteiger partial charge is 0.383 e. The number of anilines is 1. The lowest BCUT2D eigenvalue weighted by atomic mass is 10.1. The van der Waals surface area contributed by atoms with Gasteiger partial charge in [0.2, 0.25) is 0 Å². The van der Waals surface area contributed by atoms with Crippen LogP contribution in [0.25, 0.3) is 0 Å². The van der Waals surface area contributed by atoms with Crippen LogP contribution in [0, 0.1) is 3.57 Å². The maximum absolute atomic E-state index is 5.94. The fourth-order valence-electron chi connectivity index (χ4n) is 1.68. The summed E-state index contributed by atoms with van der Waals surface area (Å²) in [6, 6.07) is 3.93. The molecule has 4 nitrogen and oxygen atoms in total. The topological polar surface area (TPSA) is 64.7 Å². The van der Waals surface area contributed by atoms with Crippen molar-refractivity contribution in [3.05, 3.63) is 45.2 Å². The number of halogens is 1. The van der Waals surface area contributed by atoms with Crippen molar-refractivity contribution in [3.63, 3.8) is 0 Å². The van der Waals surface area contributed by atoms with Gasteiger partial charge in [0.05, 0.1) is 9.26 Å². The highest BCUT2D eigenvalue weighted by Crippen LogP contribution is 2.23. The van der Waals surface area contributed by atoms with E-state index >= 15 is 0 Å². The summed E-state index contributed by atoms with van der Waals surface area (Å²) >= 11 is 2.21. The summed E-state index contributed by atoms with van der Waals surface area (Å²) in [5, 5.41) is 0. The highest BCUT2D eigenvalue weighted by molar-refractivity contribution is 14.1. The minimum Gasteiger partial charge on any atom is -0.383 e. The number of nitrogens with zero attached hydrogens (tertiary/aromatic N) is 3. The second-order valence-corrected chi connectivity index (χ2v) is 5.49. The van der Waals surface area contributed by atoms with Crippen LogP contribution in [0.4, 0.5) is 5.82 Å². The summed E-state index contributed by atoms with van der Waals surface area (Å²) in [6.07, 6.45) is 4.23.